The summed E-state index contributed by atoms with van der Waals surface area (Å²) in [5, 5.41) is 1.10. The van der Waals surface area contributed by atoms with Crippen LogP contribution in [0.15, 0.2) is 59.2 Å². The summed E-state index contributed by atoms with van der Waals surface area (Å²) in [7, 11) is 0. The lowest BCUT2D eigenvalue weighted by Gasteiger charge is -2.07. The Bertz CT molecular complexity index is 759. The van der Waals surface area contributed by atoms with E-state index < -0.39 is 5.91 Å². The Hall–Kier alpha value is -2.75. The number of carbonyl (C=O) groups is 1. The van der Waals surface area contributed by atoms with Crippen molar-refractivity contribution >= 4 is 16.9 Å². The Morgan fingerprint density at radius 3 is 2.67 bits per heavy atom. The quantitative estimate of drug-likeness (QED) is 0.781. The van der Waals surface area contributed by atoms with Gasteiger partial charge in [-0.3, -0.25) is 4.79 Å². The molecule has 0 aliphatic rings. The van der Waals surface area contributed by atoms with E-state index in [2.05, 4.69) is 0 Å². The van der Waals surface area contributed by atoms with Crippen LogP contribution in [0, 0.1) is 0 Å². The van der Waals surface area contributed by atoms with Gasteiger partial charge in [-0.15, -0.1) is 0 Å². The summed E-state index contributed by atoms with van der Waals surface area (Å²) in [6.45, 7) is 0.537. The van der Waals surface area contributed by atoms with E-state index in [0.29, 0.717) is 17.9 Å². The molecule has 0 spiro atoms. The molecule has 1 amide bonds. The Labute approximate surface area is 122 Å². The Morgan fingerprint density at radius 1 is 1.10 bits per heavy atom. The normalized spacial score (nSPS) is 10.7. The third-order valence-corrected chi connectivity index (χ3v) is 3.34. The van der Waals surface area contributed by atoms with Gasteiger partial charge in [-0.05, 0) is 35.9 Å². The molecular weight excluding hydrogens is 266 g/mol. The van der Waals surface area contributed by atoms with Gasteiger partial charge in [0.15, 0.2) is 0 Å². The second kappa shape index (κ2) is 5.71. The zero-order chi connectivity index (χ0) is 14.7. The molecular formula is C17H15NO3. The van der Waals surface area contributed by atoms with Crippen molar-refractivity contribution in [3.8, 4) is 5.75 Å². The van der Waals surface area contributed by atoms with E-state index in [4.69, 9.17) is 14.9 Å². The third-order valence-electron chi connectivity index (χ3n) is 3.34. The molecule has 1 aromatic heterocycles. The second-order valence-corrected chi connectivity index (χ2v) is 4.74. The van der Waals surface area contributed by atoms with Crippen molar-refractivity contribution in [3.63, 3.8) is 0 Å². The SMILES string of the molecule is NC(=O)c1ccc(OCCc2cccc3ccoc23)cc1. The maximum Gasteiger partial charge on any atom is 0.248 e. The number of para-hydroxylation sites is 1. The fraction of sp³-hybridized carbons (Fsp3) is 0.118. The van der Waals surface area contributed by atoms with E-state index in [9.17, 15) is 4.79 Å². The maximum atomic E-state index is 11.0. The van der Waals surface area contributed by atoms with Crippen LogP contribution in [0.25, 0.3) is 11.0 Å². The van der Waals surface area contributed by atoms with E-state index in [1.807, 2.05) is 24.3 Å². The van der Waals surface area contributed by atoms with Crippen molar-refractivity contribution in [1.29, 1.82) is 0 Å². The van der Waals surface area contributed by atoms with E-state index in [1.54, 1.807) is 30.5 Å². The van der Waals surface area contributed by atoms with Crippen LogP contribution in [0.2, 0.25) is 0 Å². The summed E-state index contributed by atoms with van der Waals surface area (Å²) in [6.07, 6.45) is 2.44. The number of primary amides is 1. The highest BCUT2D eigenvalue weighted by atomic mass is 16.5. The Kier molecular flexibility index (Phi) is 3.60. The van der Waals surface area contributed by atoms with E-state index in [0.717, 1.165) is 23.0 Å². The first-order chi connectivity index (χ1) is 10.2. The van der Waals surface area contributed by atoms with Crippen LogP contribution >= 0.6 is 0 Å². The number of furan rings is 1. The van der Waals surface area contributed by atoms with Crippen LogP contribution in [-0.2, 0) is 6.42 Å². The summed E-state index contributed by atoms with van der Waals surface area (Å²) in [4.78, 5) is 11.0. The van der Waals surface area contributed by atoms with Crippen molar-refractivity contribution in [2.75, 3.05) is 6.61 Å². The first-order valence-corrected chi connectivity index (χ1v) is 6.72. The van der Waals surface area contributed by atoms with Crippen molar-refractivity contribution in [1.82, 2.24) is 0 Å². The molecule has 0 aliphatic heterocycles. The van der Waals surface area contributed by atoms with Crippen molar-refractivity contribution < 1.29 is 13.9 Å². The molecule has 106 valence electrons. The zero-order valence-corrected chi connectivity index (χ0v) is 11.4. The summed E-state index contributed by atoms with van der Waals surface area (Å²) < 4.78 is 11.2. The average molecular weight is 281 g/mol. The number of hydrogen-bond acceptors (Lipinski definition) is 3. The highest BCUT2D eigenvalue weighted by Crippen LogP contribution is 2.20. The van der Waals surface area contributed by atoms with Crippen molar-refractivity contribution in [2.24, 2.45) is 5.73 Å². The van der Waals surface area contributed by atoms with Crippen LogP contribution in [-0.4, -0.2) is 12.5 Å². The van der Waals surface area contributed by atoms with Crippen LogP contribution in [0.3, 0.4) is 0 Å². The summed E-state index contributed by atoms with van der Waals surface area (Å²) >= 11 is 0. The molecule has 0 atom stereocenters. The first-order valence-electron chi connectivity index (χ1n) is 6.72. The molecule has 2 aromatic carbocycles. The summed E-state index contributed by atoms with van der Waals surface area (Å²) in [5.41, 5.74) is 7.69. The number of carbonyl (C=O) groups excluding carboxylic acids is 1. The molecule has 4 heteroatoms. The van der Waals surface area contributed by atoms with E-state index in [1.165, 1.54) is 0 Å². The minimum absolute atomic E-state index is 0.439. The van der Waals surface area contributed by atoms with Crippen LogP contribution in [0.5, 0.6) is 5.75 Å². The number of nitrogens with two attached hydrogens (primary N) is 1. The van der Waals surface area contributed by atoms with Gasteiger partial charge >= 0.3 is 0 Å². The number of benzene rings is 2. The molecule has 0 aliphatic carbocycles. The fourth-order valence-corrected chi connectivity index (χ4v) is 2.25. The minimum atomic E-state index is -0.439. The predicted octanol–water partition coefficient (Wildman–Crippen LogP) is 3.15. The topological polar surface area (TPSA) is 65.5 Å². The molecule has 0 fully saturated rings. The van der Waals surface area contributed by atoms with Gasteiger partial charge in [0.05, 0.1) is 12.9 Å². The van der Waals surface area contributed by atoms with Crippen molar-refractivity contribution in [2.45, 2.75) is 6.42 Å². The molecule has 4 nitrogen and oxygen atoms in total. The molecule has 1 heterocycles. The van der Waals surface area contributed by atoms with Crippen molar-refractivity contribution in [3.05, 3.63) is 65.9 Å². The predicted molar refractivity (Wildman–Crippen MR) is 80.4 cm³/mol. The first kappa shape index (κ1) is 13.2. The molecule has 3 rings (SSSR count). The van der Waals surface area contributed by atoms with Gasteiger partial charge in [0.1, 0.15) is 11.3 Å². The Balaban J connectivity index is 1.63. The lowest BCUT2D eigenvalue weighted by molar-refractivity contribution is 0.100. The minimum Gasteiger partial charge on any atom is -0.493 e. The number of ether oxygens (including phenoxy) is 1. The van der Waals surface area contributed by atoms with Gasteiger partial charge in [0, 0.05) is 17.4 Å². The largest absolute Gasteiger partial charge is 0.493 e. The molecule has 0 saturated heterocycles. The molecule has 21 heavy (non-hydrogen) atoms. The van der Waals surface area contributed by atoms with Crippen LogP contribution in [0.1, 0.15) is 15.9 Å². The summed E-state index contributed by atoms with van der Waals surface area (Å²) in [5.74, 6) is 0.276. The second-order valence-electron chi connectivity index (χ2n) is 4.74. The average Bonchev–Trinajstić information content (AvgIpc) is 2.97. The van der Waals surface area contributed by atoms with Gasteiger partial charge in [-0.2, -0.15) is 0 Å². The van der Waals surface area contributed by atoms with E-state index >= 15 is 0 Å². The molecule has 0 saturated carbocycles. The third kappa shape index (κ3) is 2.89. The van der Waals surface area contributed by atoms with Gasteiger partial charge < -0.3 is 14.9 Å². The lowest BCUT2D eigenvalue weighted by atomic mass is 10.1. The molecule has 2 N–H and O–H groups in total. The fourth-order valence-electron chi connectivity index (χ4n) is 2.25. The van der Waals surface area contributed by atoms with Gasteiger partial charge in [-0.1, -0.05) is 18.2 Å². The highest BCUT2D eigenvalue weighted by Gasteiger charge is 2.05. The van der Waals surface area contributed by atoms with Gasteiger partial charge in [0.25, 0.3) is 0 Å². The molecule has 0 unspecified atom stereocenters. The highest BCUT2D eigenvalue weighted by molar-refractivity contribution is 5.92. The monoisotopic (exact) mass is 281 g/mol. The smallest absolute Gasteiger partial charge is 0.248 e. The Morgan fingerprint density at radius 2 is 1.90 bits per heavy atom. The lowest BCUT2D eigenvalue weighted by Crippen LogP contribution is -2.10. The number of fused-ring (bicyclic) bond motifs is 1. The van der Waals surface area contributed by atoms with Crippen LogP contribution in [0.4, 0.5) is 0 Å². The van der Waals surface area contributed by atoms with Gasteiger partial charge in [0.2, 0.25) is 5.91 Å². The number of hydrogen-bond donors (Lipinski definition) is 1. The van der Waals surface area contributed by atoms with Crippen LogP contribution < -0.4 is 10.5 Å². The zero-order valence-electron chi connectivity index (χ0n) is 11.4. The maximum absolute atomic E-state index is 11.0. The molecule has 0 radical (unpaired) electrons. The molecule has 0 bridgehead atoms. The molecule has 3 aromatic rings. The number of amides is 1. The van der Waals surface area contributed by atoms with Gasteiger partial charge in [-0.25, -0.2) is 0 Å². The standard InChI is InChI=1S/C17H15NO3/c18-17(19)14-4-6-15(7-5-14)20-10-8-12-2-1-3-13-9-11-21-16(12)13/h1-7,9,11H,8,10H2,(H2,18,19). The van der Waals surface area contributed by atoms with E-state index in [-0.39, 0.29) is 0 Å². The summed E-state index contributed by atoms with van der Waals surface area (Å²) in [6, 6.07) is 14.8. The number of rotatable bonds is 5.